The van der Waals surface area contributed by atoms with Crippen molar-refractivity contribution in [1.82, 2.24) is 20.0 Å². The normalized spacial score (nSPS) is 21.8. The lowest BCUT2D eigenvalue weighted by Gasteiger charge is -2.50. The molecule has 2 saturated heterocycles. The first kappa shape index (κ1) is 17.3. The minimum atomic E-state index is -0.148. The molecule has 2 aromatic rings. The molecule has 0 unspecified atom stereocenters. The smallest absolute Gasteiger partial charge is 0.286 e. The monoisotopic (exact) mass is 358 g/mol. The zero-order valence-corrected chi connectivity index (χ0v) is 15.4. The average Bonchev–Trinajstić information content (AvgIpc) is 3.28. The predicted octanol–water partition coefficient (Wildman–Crippen LogP) is 1.73. The number of aryl methyl sites for hydroxylation is 2. The van der Waals surface area contributed by atoms with E-state index in [-0.39, 0.29) is 11.5 Å². The molecular weight excluding hydrogens is 332 g/mol. The Kier molecular flexibility index (Phi) is 4.58. The van der Waals surface area contributed by atoms with E-state index in [1.54, 1.807) is 12.1 Å². The Hall–Kier alpha value is -2.12. The molecule has 4 heterocycles. The molecule has 2 aliphatic rings. The highest BCUT2D eigenvalue weighted by atomic mass is 16.5. The molecule has 0 aliphatic carbocycles. The number of ether oxygens (including phenoxy) is 1. The first-order valence-corrected chi connectivity index (χ1v) is 9.23. The van der Waals surface area contributed by atoms with E-state index < -0.39 is 0 Å². The number of aromatic nitrogens is 2. The Balaban J connectivity index is 1.26. The minimum Gasteiger partial charge on any atom is -0.459 e. The van der Waals surface area contributed by atoms with E-state index in [9.17, 15) is 4.79 Å². The molecule has 0 saturated carbocycles. The van der Waals surface area contributed by atoms with Crippen LogP contribution in [0.5, 0.6) is 0 Å². The van der Waals surface area contributed by atoms with Gasteiger partial charge in [-0.05, 0) is 43.9 Å². The number of likely N-dealkylation sites (tertiary alicyclic amines) is 1. The number of hydrogen-bond donors (Lipinski definition) is 1. The fraction of sp³-hybridized carbons (Fsp3) is 0.579. The Bertz CT molecular complexity index is 762. The summed E-state index contributed by atoms with van der Waals surface area (Å²) in [5.41, 5.74) is 2.25. The van der Waals surface area contributed by atoms with Crippen LogP contribution in [-0.4, -0.2) is 52.4 Å². The second kappa shape index (κ2) is 6.89. The summed E-state index contributed by atoms with van der Waals surface area (Å²) >= 11 is 0. The van der Waals surface area contributed by atoms with Gasteiger partial charge in [-0.25, -0.2) is 0 Å². The standard InChI is InChI=1S/C19H26N4O3/c1-14-10-16(22(2)21-14)11-23-12-19(13-23)15(6-9-26-19)5-7-20-18(24)17-4-3-8-25-17/h3-4,8,10,15H,5-7,9,11-13H2,1-2H3,(H,20,24)/t15-/m0/s1. The van der Waals surface area contributed by atoms with E-state index in [1.165, 1.54) is 12.0 Å². The van der Waals surface area contributed by atoms with E-state index in [0.29, 0.717) is 18.2 Å². The third-order valence-corrected chi connectivity index (χ3v) is 5.59. The molecule has 7 nitrogen and oxygen atoms in total. The largest absolute Gasteiger partial charge is 0.459 e. The van der Waals surface area contributed by atoms with Crippen LogP contribution in [0.2, 0.25) is 0 Å². The molecule has 26 heavy (non-hydrogen) atoms. The summed E-state index contributed by atoms with van der Waals surface area (Å²) in [6.07, 6.45) is 3.52. The van der Waals surface area contributed by atoms with Crippen LogP contribution in [0, 0.1) is 12.8 Å². The van der Waals surface area contributed by atoms with Gasteiger partial charge in [0.05, 0.1) is 23.3 Å². The van der Waals surface area contributed by atoms with Crippen LogP contribution in [0.4, 0.5) is 0 Å². The maximum atomic E-state index is 12.0. The first-order valence-electron chi connectivity index (χ1n) is 9.23. The topological polar surface area (TPSA) is 72.5 Å². The SMILES string of the molecule is Cc1cc(CN2CC3(C2)OCC[C@@H]3CCNC(=O)c2ccco2)n(C)n1. The summed E-state index contributed by atoms with van der Waals surface area (Å²) in [6, 6.07) is 5.54. The van der Waals surface area contributed by atoms with Gasteiger partial charge in [0.15, 0.2) is 5.76 Å². The van der Waals surface area contributed by atoms with Gasteiger partial charge in [0.2, 0.25) is 0 Å². The van der Waals surface area contributed by atoms with E-state index in [4.69, 9.17) is 9.15 Å². The van der Waals surface area contributed by atoms with Crippen LogP contribution < -0.4 is 5.32 Å². The molecule has 2 aromatic heterocycles. The van der Waals surface area contributed by atoms with Crippen LogP contribution in [0.25, 0.3) is 0 Å². The summed E-state index contributed by atoms with van der Waals surface area (Å²) < 4.78 is 13.2. The third-order valence-electron chi connectivity index (χ3n) is 5.59. The number of hydrogen-bond acceptors (Lipinski definition) is 5. The molecular formula is C19H26N4O3. The van der Waals surface area contributed by atoms with Gasteiger partial charge in [-0.15, -0.1) is 0 Å². The lowest BCUT2D eigenvalue weighted by atomic mass is 9.79. The van der Waals surface area contributed by atoms with Gasteiger partial charge < -0.3 is 14.5 Å². The van der Waals surface area contributed by atoms with Crippen molar-refractivity contribution >= 4 is 5.91 Å². The number of nitrogens with one attached hydrogen (secondary N) is 1. The van der Waals surface area contributed by atoms with Gasteiger partial charge in [-0.3, -0.25) is 14.4 Å². The highest BCUT2D eigenvalue weighted by Gasteiger charge is 2.52. The van der Waals surface area contributed by atoms with Crippen molar-refractivity contribution in [1.29, 1.82) is 0 Å². The van der Waals surface area contributed by atoms with E-state index in [1.807, 2.05) is 18.7 Å². The Morgan fingerprint density at radius 3 is 3.00 bits per heavy atom. The Morgan fingerprint density at radius 2 is 2.31 bits per heavy atom. The fourth-order valence-corrected chi connectivity index (χ4v) is 4.26. The Labute approximate surface area is 153 Å². The van der Waals surface area contributed by atoms with Crippen LogP contribution >= 0.6 is 0 Å². The van der Waals surface area contributed by atoms with Crippen LogP contribution in [-0.2, 0) is 18.3 Å². The molecule has 0 bridgehead atoms. The molecule has 140 valence electrons. The van der Waals surface area contributed by atoms with Crippen molar-refractivity contribution in [2.24, 2.45) is 13.0 Å². The van der Waals surface area contributed by atoms with Crippen molar-refractivity contribution in [3.05, 3.63) is 41.6 Å². The quantitative estimate of drug-likeness (QED) is 0.851. The lowest BCUT2D eigenvalue weighted by molar-refractivity contribution is -0.137. The van der Waals surface area contributed by atoms with Gasteiger partial charge in [-0.2, -0.15) is 5.10 Å². The van der Waals surface area contributed by atoms with Gasteiger partial charge >= 0.3 is 0 Å². The van der Waals surface area contributed by atoms with E-state index in [0.717, 1.165) is 44.8 Å². The zero-order valence-electron chi connectivity index (χ0n) is 15.4. The molecule has 0 aromatic carbocycles. The van der Waals surface area contributed by atoms with Gasteiger partial charge in [0.25, 0.3) is 5.91 Å². The van der Waals surface area contributed by atoms with Gasteiger partial charge in [0.1, 0.15) is 0 Å². The maximum Gasteiger partial charge on any atom is 0.286 e. The number of amides is 1. The zero-order chi connectivity index (χ0) is 18.1. The molecule has 0 radical (unpaired) electrons. The van der Waals surface area contributed by atoms with Crippen molar-refractivity contribution in [3.63, 3.8) is 0 Å². The summed E-state index contributed by atoms with van der Waals surface area (Å²) in [4.78, 5) is 14.4. The molecule has 2 aliphatic heterocycles. The second-order valence-corrected chi connectivity index (χ2v) is 7.47. The lowest BCUT2D eigenvalue weighted by Crippen LogP contribution is -2.64. The third kappa shape index (κ3) is 3.29. The van der Waals surface area contributed by atoms with E-state index >= 15 is 0 Å². The highest BCUT2D eigenvalue weighted by Crippen LogP contribution is 2.42. The number of rotatable bonds is 6. The fourth-order valence-electron chi connectivity index (χ4n) is 4.26. The van der Waals surface area contributed by atoms with Crippen LogP contribution in [0.3, 0.4) is 0 Å². The molecule has 1 spiro atoms. The van der Waals surface area contributed by atoms with Crippen LogP contribution in [0.15, 0.2) is 28.9 Å². The van der Waals surface area contributed by atoms with Gasteiger partial charge in [-0.1, -0.05) is 0 Å². The summed E-state index contributed by atoms with van der Waals surface area (Å²) in [7, 11) is 1.99. The average molecular weight is 358 g/mol. The molecule has 7 heteroatoms. The number of carbonyl (C=O) groups is 1. The molecule has 1 amide bonds. The van der Waals surface area contributed by atoms with E-state index in [2.05, 4.69) is 21.4 Å². The predicted molar refractivity (Wildman–Crippen MR) is 95.7 cm³/mol. The number of nitrogens with zero attached hydrogens (tertiary/aromatic N) is 3. The first-order chi connectivity index (χ1) is 12.6. The number of furan rings is 1. The summed E-state index contributed by atoms with van der Waals surface area (Å²) in [6.45, 7) is 6.30. The van der Waals surface area contributed by atoms with Crippen LogP contribution in [0.1, 0.15) is 34.8 Å². The summed E-state index contributed by atoms with van der Waals surface area (Å²) in [5, 5.41) is 7.36. The molecule has 2 fully saturated rings. The van der Waals surface area contributed by atoms with Crippen molar-refractivity contribution in [2.75, 3.05) is 26.2 Å². The molecule has 4 rings (SSSR count). The number of carbonyl (C=O) groups excluding carboxylic acids is 1. The van der Waals surface area contributed by atoms with Crippen molar-refractivity contribution in [2.45, 2.75) is 31.9 Å². The van der Waals surface area contributed by atoms with Crippen molar-refractivity contribution in [3.8, 4) is 0 Å². The van der Waals surface area contributed by atoms with Gasteiger partial charge in [0, 0.05) is 39.8 Å². The van der Waals surface area contributed by atoms with Crippen molar-refractivity contribution < 1.29 is 13.9 Å². The minimum absolute atomic E-state index is 0.0386. The maximum absolute atomic E-state index is 12.0. The highest BCUT2D eigenvalue weighted by molar-refractivity contribution is 5.91. The summed E-state index contributed by atoms with van der Waals surface area (Å²) in [5.74, 6) is 0.706. The molecule has 1 atom stereocenters. The Morgan fingerprint density at radius 1 is 1.46 bits per heavy atom. The molecule has 1 N–H and O–H groups in total. The second-order valence-electron chi connectivity index (χ2n) is 7.47.